The van der Waals surface area contributed by atoms with E-state index in [-0.39, 0.29) is 29.7 Å². The molecule has 1 unspecified atom stereocenters. The molecule has 0 heterocycles. The third-order valence-corrected chi connectivity index (χ3v) is 2.40. The minimum atomic E-state index is 0. The first-order chi connectivity index (χ1) is 5.68. The first-order valence-electron chi connectivity index (χ1n) is 5.68. The average Bonchev–Trinajstić information content (AvgIpc) is 2.08. The lowest BCUT2D eigenvalue weighted by Crippen LogP contribution is -2.02. The van der Waals surface area contributed by atoms with Gasteiger partial charge in [-0.3, -0.25) is 0 Å². The second-order valence-corrected chi connectivity index (χ2v) is 3.72. The maximum Gasteiger partial charge on any atom is -0.0420 e. The number of hydrogen-bond acceptors (Lipinski definition) is 0. The van der Waals surface area contributed by atoms with Crippen molar-refractivity contribution in [3.8, 4) is 0 Å². The fourth-order valence-electron chi connectivity index (χ4n) is 1.05. The molecule has 16 heavy (non-hydrogen) atoms. The minimum absolute atomic E-state index is 0. The summed E-state index contributed by atoms with van der Waals surface area (Å²) in [6, 6.07) is 0. The summed E-state index contributed by atoms with van der Waals surface area (Å²) >= 11 is 0. The van der Waals surface area contributed by atoms with Crippen LogP contribution in [0.15, 0.2) is 0 Å². The van der Waals surface area contributed by atoms with Crippen LogP contribution in [0.3, 0.4) is 0 Å². The van der Waals surface area contributed by atoms with Gasteiger partial charge in [0.1, 0.15) is 0 Å². The summed E-state index contributed by atoms with van der Waals surface area (Å²) in [7, 11) is 0. The third-order valence-electron chi connectivity index (χ3n) is 2.40. The second-order valence-electron chi connectivity index (χ2n) is 3.72. The second kappa shape index (κ2) is 29.4. The van der Waals surface area contributed by atoms with Crippen molar-refractivity contribution in [2.75, 3.05) is 0 Å². The SMILES string of the molecule is C.C.C.C.CC.CCCCCC(C)C(C)C. The van der Waals surface area contributed by atoms with Crippen molar-refractivity contribution in [2.45, 2.75) is 96.9 Å². The molecule has 0 aliphatic carbocycles. The average molecular weight is 237 g/mol. The molecule has 0 fully saturated rings. The Morgan fingerprint density at radius 3 is 1.38 bits per heavy atom. The molecular formula is C16H44. The largest absolute Gasteiger partial charge is 0.0776 e. The zero-order valence-corrected chi connectivity index (χ0v) is 9.98. The first kappa shape index (κ1) is 36.0. The monoisotopic (exact) mass is 236 g/mol. The van der Waals surface area contributed by atoms with Crippen LogP contribution in [0.5, 0.6) is 0 Å². The Morgan fingerprint density at radius 2 is 1.12 bits per heavy atom. The first-order valence-corrected chi connectivity index (χ1v) is 5.68. The van der Waals surface area contributed by atoms with Crippen molar-refractivity contribution >= 4 is 0 Å². The molecule has 0 heteroatoms. The van der Waals surface area contributed by atoms with Crippen LogP contribution in [0.2, 0.25) is 0 Å². The third kappa shape index (κ3) is 29.2. The molecule has 0 saturated carbocycles. The molecule has 0 radical (unpaired) electrons. The van der Waals surface area contributed by atoms with E-state index in [2.05, 4.69) is 27.7 Å². The van der Waals surface area contributed by atoms with Crippen LogP contribution in [0.25, 0.3) is 0 Å². The lowest BCUT2D eigenvalue weighted by Gasteiger charge is -2.14. The predicted molar refractivity (Wildman–Crippen MR) is 86.4 cm³/mol. The number of unbranched alkanes of at least 4 members (excludes halogenated alkanes) is 2. The van der Waals surface area contributed by atoms with Crippen molar-refractivity contribution in [1.82, 2.24) is 0 Å². The summed E-state index contributed by atoms with van der Waals surface area (Å²) in [5, 5.41) is 0. The zero-order chi connectivity index (χ0) is 9.98. The van der Waals surface area contributed by atoms with E-state index in [1.165, 1.54) is 25.7 Å². The fourth-order valence-corrected chi connectivity index (χ4v) is 1.05. The van der Waals surface area contributed by atoms with Crippen LogP contribution in [0, 0.1) is 11.8 Å². The molecule has 108 valence electrons. The molecule has 1 atom stereocenters. The Hall–Kier alpha value is 0. The molecule has 0 aliphatic heterocycles. The number of hydrogen-bond donors (Lipinski definition) is 0. The molecule has 0 aromatic carbocycles. The van der Waals surface area contributed by atoms with Crippen LogP contribution in [-0.2, 0) is 0 Å². The molecule has 0 aromatic heterocycles. The summed E-state index contributed by atoms with van der Waals surface area (Å²) in [6.45, 7) is 13.3. The highest BCUT2D eigenvalue weighted by Gasteiger charge is 2.04. The minimum Gasteiger partial charge on any atom is -0.0776 e. The van der Waals surface area contributed by atoms with Gasteiger partial charge < -0.3 is 0 Å². The van der Waals surface area contributed by atoms with E-state index in [0.717, 1.165) is 11.8 Å². The van der Waals surface area contributed by atoms with E-state index in [0.29, 0.717) is 0 Å². The highest BCUT2D eigenvalue weighted by molar-refractivity contribution is 4.56. The smallest absolute Gasteiger partial charge is 0.0420 e. The van der Waals surface area contributed by atoms with E-state index in [1.807, 2.05) is 13.8 Å². The van der Waals surface area contributed by atoms with Crippen molar-refractivity contribution in [2.24, 2.45) is 11.8 Å². The van der Waals surface area contributed by atoms with Crippen molar-refractivity contribution in [3.05, 3.63) is 0 Å². The van der Waals surface area contributed by atoms with Crippen molar-refractivity contribution < 1.29 is 0 Å². The standard InChI is InChI=1S/C10H22.C2H6.4CH4/c1-5-6-7-8-10(4)9(2)3;1-2;;;;/h9-10H,5-8H2,1-4H3;1-2H3;4*1H4. The molecule has 0 N–H and O–H groups in total. The van der Waals surface area contributed by atoms with Crippen LogP contribution in [-0.4, -0.2) is 0 Å². The van der Waals surface area contributed by atoms with Crippen molar-refractivity contribution in [3.63, 3.8) is 0 Å². The van der Waals surface area contributed by atoms with Gasteiger partial charge in [0.15, 0.2) is 0 Å². The molecule has 0 aliphatic rings. The molecule has 0 rings (SSSR count). The molecular weight excluding hydrogens is 192 g/mol. The maximum atomic E-state index is 2.36. The van der Waals surface area contributed by atoms with Gasteiger partial charge in [0.05, 0.1) is 0 Å². The predicted octanol–water partition coefficient (Wildman–Crippen LogP) is 7.43. The Balaban J connectivity index is -0.0000000393. The number of rotatable bonds is 5. The van der Waals surface area contributed by atoms with Gasteiger partial charge in [-0.05, 0) is 11.8 Å². The maximum absolute atomic E-state index is 2.36. The fraction of sp³-hybridized carbons (Fsp3) is 1.00. The van der Waals surface area contributed by atoms with Gasteiger partial charge in [0.2, 0.25) is 0 Å². The Morgan fingerprint density at radius 1 is 0.750 bits per heavy atom. The highest BCUT2D eigenvalue weighted by Crippen LogP contribution is 2.17. The Bertz CT molecular complexity index is 64.4. The van der Waals surface area contributed by atoms with Gasteiger partial charge in [-0.1, -0.05) is 96.9 Å². The van der Waals surface area contributed by atoms with Crippen LogP contribution < -0.4 is 0 Å². The van der Waals surface area contributed by atoms with Gasteiger partial charge in [0, 0.05) is 0 Å². The van der Waals surface area contributed by atoms with E-state index in [1.54, 1.807) is 0 Å². The summed E-state index contributed by atoms with van der Waals surface area (Å²) in [5.74, 6) is 1.79. The summed E-state index contributed by atoms with van der Waals surface area (Å²) < 4.78 is 0. The molecule has 0 bridgehead atoms. The summed E-state index contributed by atoms with van der Waals surface area (Å²) in [5.41, 5.74) is 0. The van der Waals surface area contributed by atoms with Crippen LogP contribution >= 0.6 is 0 Å². The summed E-state index contributed by atoms with van der Waals surface area (Å²) in [4.78, 5) is 0. The Kier molecular flexibility index (Phi) is 66.1. The van der Waals surface area contributed by atoms with Crippen molar-refractivity contribution in [1.29, 1.82) is 0 Å². The van der Waals surface area contributed by atoms with Crippen LogP contribution in [0.4, 0.5) is 0 Å². The molecule has 0 spiro atoms. The quantitative estimate of drug-likeness (QED) is 0.435. The van der Waals surface area contributed by atoms with E-state index in [9.17, 15) is 0 Å². The molecule has 0 saturated heterocycles. The molecule has 0 aromatic rings. The van der Waals surface area contributed by atoms with E-state index >= 15 is 0 Å². The van der Waals surface area contributed by atoms with E-state index < -0.39 is 0 Å². The van der Waals surface area contributed by atoms with Gasteiger partial charge in [-0.2, -0.15) is 0 Å². The lowest BCUT2D eigenvalue weighted by atomic mass is 9.92. The van der Waals surface area contributed by atoms with Crippen LogP contribution in [0.1, 0.15) is 96.9 Å². The lowest BCUT2D eigenvalue weighted by molar-refractivity contribution is 0.377. The van der Waals surface area contributed by atoms with Gasteiger partial charge in [0.25, 0.3) is 0 Å². The van der Waals surface area contributed by atoms with Gasteiger partial charge >= 0.3 is 0 Å². The topological polar surface area (TPSA) is 0 Å². The molecule has 0 nitrogen and oxygen atoms in total. The Labute approximate surface area is 109 Å². The van der Waals surface area contributed by atoms with Gasteiger partial charge in [-0.15, -0.1) is 0 Å². The zero-order valence-electron chi connectivity index (χ0n) is 9.98. The molecule has 0 amide bonds. The van der Waals surface area contributed by atoms with E-state index in [4.69, 9.17) is 0 Å². The highest BCUT2D eigenvalue weighted by atomic mass is 14.1. The summed E-state index contributed by atoms with van der Waals surface area (Å²) in [6.07, 6.45) is 5.61. The van der Waals surface area contributed by atoms with Gasteiger partial charge in [-0.25, -0.2) is 0 Å². The normalized spacial score (nSPS) is 9.19.